The fourth-order valence-electron chi connectivity index (χ4n) is 2.71. The zero-order chi connectivity index (χ0) is 10.7. The molecule has 15 heavy (non-hydrogen) atoms. The van der Waals surface area contributed by atoms with Crippen LogP contribution in [0.2, 0.25) is 0 Å². The Morgan fingerprint density at radius 2 is 1.40 bits per heavy atom. The van der Waals surface area contributed by atoms with Gasteiger partial charge in [-0.25, -0.2) is 0 Å². The number of oxime groups is 2. The van der Waals surface area contributed by atoms with E-state index in [0.717, 1.165) is 25.7 Å². The molecule has 2 saturated carbocycles. The van der Waals surface area contributed by atoms with Crippen LogP contribution in [-0.4, -0.2) is 25.6 Å². The molecular weight excluding hydrogens is 192 g/mol. The van der Waals surface area contributed by atoms with Gasteiger partial charge < -0.3 is 9.68 Å². The van der Waals surface area contributed by atoms with Gasteiger partial charge in [-0.3, -0.25) is 0 Å². The van der Waals surface area contributed by atoms with Crippen LogP contribution in [0.3, 0.4) is 0 Å². The van der Waals surface area contributed by atoms with Crippen LogP contribution in [0.5, 0.6) is 0 Å². The maximum Gasteiger partial charge on any atom is 0.106 e. The van der Waals surface area contributed by atoms with Gasteiger partial charge in [0.25, 0.3) is 0 Å². The first-order chi connectivity index (χ1) is 7.35. The highest BCUT2D eigenvalue weighted by Crippen LogP contribution is 2.37. The van der Waals surface area contributed by atoms with Crippen molar-refractivity contribution in [3.05, 3.63) is 0 Å². The molecular formula is C11H18N2O2. The zero-order valence-corrected chi connectivity index (χ0v) is 9.40. The van der Waals surface area contributed by atoms with Crippen molar-refractivity contribution in [2.75, 3.05) is 14.2 Å². The third-order valence-electron chi connectivity index (χ3n) is 3.43. The lowest BCUT2D eigenvalue weighted by Crippen LogP contribution is -2.34. The van der Waals surface area contributed by atoms with Crippen LogP contribution >= 0.6 is 0 Å². The van der Waals surface area contributed by atoms with Gasteiger partial charge in [-0.05, 0) is 32.1 Å². The van der Waals surface area contributed by atoms with E-state index in [1.165, 1.54) is 17.8 Å². The molecule has 0 spiro atoms. The molecule has 2 bridgehead atoms. The second-order valence-electron chi connectivity index (χ2n) is 4.24. The standard InChI is InChI=1S/C11H18N2O2/c1-14-12-10-5-3-9-7-8(10)4-6-11(9)13-15-2/h8-9H,3-7H2,1-2H3/b12-10+,13-11+/t8-,9-/m0/s1. The minimum absolute atomic E-state index is 0.611. The summed E-state index contributed by atoms with van der Waals surface area (Å²) in [6.45, 7) is 0. The summed E-state index contributed by atoms with van der Waals surface area (Å²) in [5, 5.41) is 8.24. The summed E-state index contributed by atoms with van der Waals surface area (Å²) >= 11 is 0. The van der Waals surface area contributed by atoms with E-state index in [0.29, 0.717) is 11.8 Å². The van der Waals surface area contributed by atoms with Crippen LogP contribution in [-0.2, 0) is 9.68 Å². The predicted molar refractivity (Wildman–Crippen MR) is 59.0 cm³/mol. The number of hydrogen-bond donors (Lipinski definition) is 0. The Balaban J connectivity index is 2.06. The molecule has 0 N–H and O–H groups in total. The van der Waals surface area contributed by atoms with Crippen molar-refractivity contribution in [3.8, 4) is 0 Å². The van der Waals surface area contributed by atoms with Crippen LogP contribution in [0.25, 0.3) is 0 Å². The van der Waals surface area contributed by atoms with Gasteiger partial charge in [-0.1, -0.05) is 10.3 Å². The Bertz CT molecular complexity index is 258. The number of hydrogen-bond acceptors (Lipinski definition) is 4. The second-order valence-corrected chi connectivity index (χ2v) is 4.24. The Kier molecular flexibility index (Phi) is 3.23. The van der Waals surface area contributed by atoms with Gasteiger partial charge in [-0.2, -0.15) is 0 Å². The monoisotopic (exact) mass is 210 g/mol. The smallest absolute Gasteiger partial charge is 0.106 e. The van der Waals surface area contributed by atoms with Crippen molar-refractivity contribution >= 4 is 11.4 Å². The van der Waals surface area contributed by atoms with Crippen LogP contribution < -0.4 is 0 Å². The average Bonchev–Trinajstić information content (AvgIpc) is 2.26. The SMILES string of the molecule is CO/N=C1\CC[C@H]2C[C@@H]1CC/C2=N\OC. The molecule has 0 unspecified atom stereocenters. The topological polar surface area (TPSA) is 43.2 Å². The first-order valence-electron chi connectivity index (χ1n) is 5.55. The molecule has 0 radical (unpaired) electrons. The minimum Gasteiger partial charge on any atom is -0.399 e. The molecule has 2 fully saturated rings. The summed E-state index contributed by atoms with van der Waals surface area (Å²) in [4.78, 5) is 9.76. The first kappa shape index (κ1) is 10.5. The Morgan fingerprint density at radius 1 is 0.933 bits per heavy atom. The first-order valence-corrected chi connectivity index (χ1v) is 5.55. The molecule has 0 amide bonds. The summed E-state index contributed by atoms with van der Waals surface area (Å²) < 4.78 is 0. The molecule has 84 valence electrons. The highest BCUT2D eigenvalue weighted by Gasteiger charge is 2.35. The van der Waals surface area contributed by atoms with Gasteiger partial charge in [0.1, 0.15) is 14.2 Å². The summed E-state index contributed by atoms with van der Waals surface area (Å²) in [6.07, 6.45) is 5.55. The van der Waals surface area contributed by atoms with Gasteiger partial charge in [0, 0.05) is 11.8 Å². The van der Waals surface area contributed by atoms with E-state index in [1.54, 1.807) is 14.2 Å². The van der Waals surface area contributed by atoms with E-state index in [1.807, 2.05) is 0 Å². The summed E-state index contributed by atoms with van der Waals surface area (Å²) in [7, 11) is 3.25. The molecule has 0 aromatic heterocycles. The molecule has 2 aliphatic carbocycles. The summed E-state index contributed by atoms with van der Waals surface area (Å²) in [5.41, 5.74) is 2.48. The van der Waals surface area contributed by atoms with Gasteiger partial charge >= 0.3 is 0 Å². The highest BCUT2D eigenvalue weighted by atomic mass is 16.6. The fraction of sp³-hybridized carbons (Fsp3) is 0.818. The lowest BCUT2D eigenvalue weighted by Gasteiger charge is -2.35. The molecule has 0 saturated heterocycles. The Labute approximate surface area is 90.3 Å². The highest BCUT2D eigenvalue weighted by molar-refractivity contribution is 5.94. The third-order valence-corrected chi connectivity index (χ3v) is 3.43. The lowest BCUT2D eigenvalue weighted by atomic mass is 9.70. The molecule has 0 heterocycles. The van der Waals surface area contributed by atoms with Crippen molar-refractivity contribution in [1.29, 1.82) is 0 Å². The molecule has 2 rings (SSSR count). The van der Waals surface area contributed by atoms with Crippen molar-refractivity contribution in [3.63, 3.8) is 0 Å². The van der Waals surface area contributed by atoms with Crippen molar-refractivity contribution in [2.24, 2.45) is 22.1 Å². The summed E-state index contributed by atoms with van der Waals surface area (Å²) in [6, 6.07) is 0. The van der Waals surface area contributed by atoms with E-state index in [-0.39, 0.29) is 0 Å². The van der Waals surface area contributed by atoms with Crippen LogP contribution in [0.15, 0.2) is 10.3 Å². The summed E-state index contributed by atoms with van der Waals surface area (Å²) in [5.74, 6) is 1.22. The Morgan fingerprint density at radius 3 is 1.80 bits per heavy atom. The molecule has 4 heteroatoms. The van der Waals surface area contributed by atoms with Gasteiger partial charge in [0.15, 0.2) is 0 Å². The van der Waals surface area contributed by atoms with E-state index in [9.17, 15) is 0 Å². The molecule has 2 atom stereocenters. The Hall–Kier alpha value is -1.06. The van der Waals surface area contributed by atoms with E-state index in [4.69, 9.17) is 9.68 Å². The van der Waals surface area contributed by atoms with Crippen molar-refractivity contribution in [1.82, 2.24) is 0 Å². The van der Waals surface area contributed by atoms with E-state index in [2.05, 4.69) is 10.3 Å². The predicted octanol–water partition coefficient (Wildman–Crippen LogP) is 2.20. The quantitative estimate of drug-likeness (QED) is 0.656. The van der Waals surface area contributed by atoms with E-state index < -0.39 is 0 Å². The van der Waals surface area contributed by atoms with Crippen molar-refractivity contribution in [2.45, 2.75) is 32.1 Å². The lowest BCUT2D eigenvalue weighted by molar-refractivity contribution is 0.200. The maximum atomic E-state index is 4.88. The minimum atomic E-state index is 0.611. The third kappa shape index (κ3) is 2.13. The van der Waals surface area contributed by atoms with E-state index >= 15 is 0 Å². The van der Waals surface area contributed by atoms with Crippen LogP contribution in [0.4, 0.5) is 0 Å². The zero-order valence-electron chi connectivity index (χ0n) is 9.40. The molecule has 2 aliphatic rings. The molecule has 0 aromatic rings. The molecule has 0 aromatic carbocycles. The average molecular weight is 210 g/mol. The number of nitrogens with zero attached hydrogens (tertiary/aromatic N) is 2. The van der Waals surface area contributed by atoms with Crippen LogP contribution in [0, 0.1) is 11.8 Å². The van der Waals surface area contributed by atoms with Crippen molar-refractivity contribution < 1.29 is 9.68 Å². The van der Waals surface area contributed by atoms with Gasteiger partial charge in [0.05, 0.1) is 11.4 Å². The number of rotatable bonds is 2. The van der Waals surface area contributed by atoms with Gasteiger partial charge in [-0.15, -0.1) is 0 Å². The largest absolute Gasteiger partial charge is 0.399 e. The molecule has 0 aliphatic heterocycles. The fourth-order valence-corrected chi connectivity index (χ4v) is 2.71. The maximum absolute atomic E-state index is 4.88. The second kappa shape index (κ2) is 4.64. The van der Waals surface area contributed by atoms with Crippen LogP contribution in [0.1, 0.15) is 32.1 Å². The normalized spacial score (nSPS) is 35.6. The van der Waals surface area contributed by atoms with Gasteiger partial charge in [0.2, 0.25) is 0 Å². The molecule has 4 nitrogen and oxygen atoms in total. The number of fused-ring (bicyclic) bond motifs is 2.